The van der Waals surface area contributed by atoms with Gasteiger partial charge in [0.05, 0.1) is 28.4 Å². The molecule has 0 radical (unpaired) electrons. The molecule has 1 aliphatic rings. The fraction of sp³-hybridized carbons (Fsp3) is 0.200. The molecule has 3 aromatic rings. The van der Waals surface area contributed by atoms with Gasteiger partial charge in [-0.2, -0.15) is 0 Å². The zero-order valence-electron chi connectivity index (χ0n) is 14.4. The van der Waals surface area contributed by atoms with Gasteiger partial charge in [-0.1, -0.05) is 23.7 Å². The summed E-state index contributed by atoms with van der Waals surface area (Å²) < 4.78 is 1.54. The van der Waals surface area contributed by atoms with Crippen molar-refractivity contribution in [1.82, 2.24) is 14.5 Å². The van der Waals surface area contributed by atoms with E-state index in [1.54, 1.807) is 47.0 Å². The van der Waals surface area contributed by atoms with Crippen molar-refractivity contribution in [3.8, 4) is 0 Å². The Labute approximate surface area is 160 Å². The number of aromatic nitrogens is 2. The third-order valence-electron chi connectivity index (χ3n) is 4.70. The number of imide groups is 1. The lowest BCUT2D eigenvalue weighted by molar-refractivity contribution is 0.0651. The molecule has 0 atom stereocenters. The minimum atomic E-state index is -0.253. The first-order valence-corrected chi connectivity index (χ1v) is 9.04. The van der Waals surface area contributed by atoms with Gasteiger partial charge in [0.15, 0.2) is 0 Å². The number of hydrogen-bond acceptors (Lipinski definition) is 4. The quantitative estimate of drug-likeness (QED) is 0.503. The highest BCUT2D eigenvalue weighted by molar-refractivity contribution is 6.31. The molecule has 0 spiro atoms. The number of aryl methyl sites for hydroxylation is 1. The van der Waals surface area contributed by atoms with Crippen LogP contribution in [0.1, 0.15) is 33.6 Å². The van der Waals surface area contributed by atoms with E-state index < -0.39 is 0 Å². The van der Waals surface area contributed by atoms with Gasteiger partial charge in [-0.15, -0.1) is 0 Å². The van der Waals surface area contributed by atoms with Gasteiger partial charge >= 0.3 is 0 Å². The summed E-state index contributed by atoms with van der Waals surface area (Å²) in [6.07, 6.45) is 2.76. The number of benzene rings is 2. The number of carbonyl (C=O) groups excluding carboxylic acids is 2. The van der Waals surface area contributed by atoms with Crippen LogP contribution in [0.5, 0.6) is 0 Å². The van der Waals surface area contributed by atoms with Crippen molar-refractivity contribution in [3.63, 3.8) is 0 Å². The van der Waals surface area contributed by atoms with Gasteiger partial charge in [0, 0.05) is 18.1 Å². The van der Waals surface area contributed by atoms with E-state index >= 15 is 0 Å². The van der Waals surface area contributed by atoms with Crippen LogP contribution in [0.25, 0.3) is 10.9 Å². The molecule has 0 N–H and O–H groups in total. The highest BCUT2D eigenvalue weighted by atomic mass is 35.5. The SMILES string of the molecule is O=C1c2ccccc2C(=O)N1CCCCn1cnc2cc(Cl)ccc2c1=O. The average Bonchev–Trinajstić information content (AvgIpc) is 2.91. The number of amides is 2. The van der Waals surface area contributed by atoms with Gasteiger partial charge in [-0.05, 0) is 43.2 Å². The molecule has 27 heavy (non-hydrogen) atoms. The van der Waals surface area contributed by atoms with Crippen LogP contribution < -0.4 is 5.56 Å². The van der Waals surface area contributed by atoms with Crippen molar-refractivity contribution in [2.75, 3.05) is 6.54 Å². The summed E-state index contributed by atoms with van der Waals surface area (Å²) in [7, 11) is 0. The van der Waals surface area contributed by atoms with E-state index in [-0.39, 0.29) is 17.4 Å². The van der Waals surface area contributed by atoms with Crippen molar-refractivity contribution >= 4 is 34.3 Å². The van der Waals surface area contributed by atoms with E-state index in [2.05, 4.69) is 4.98 Å². The van der Waals surface area contributed by atoms with Gasteiger partial charge in [0.2, 0.25) is 0 Å². The predicted octanol–water partition coefficient (Wildman–Crippen LogP) is 3.13. The van der Waals surface area contributed by atoms with E-state index in [9.17, 15) is 14.4 Å². The normalized spacial score (nSPS) is 13.4. The van der Waals surface area contributed by atoms with E-state index in [4.69, 9.17) is 11.6 Å². The molecule has 0 fully saturated rings. The number of fused-ring (bicyclic) bond motifs is 2. The summed E-state index contributed by atoms with van der Waals surface area (Å²) >= 11 is 5.92. The summed E-state index contributed by atoms with van der Waals surface area (Å²) in [5, 5.41) is 1.05. The zero-order chi connectivity index (χ0) is 19.0. The van der Waals surface area contributed by atoms with Crippen LogP contribution in [0.2, 0.25) is 5.02 Å². The van der Waals surface area contributed by atoms with E-state index in [1.807, 2.05) is 0 Å². The average molecular weight is 382 g/mol. The molecule has 0 bridgehead atoms. The number of hydrogen-bond donors (Lipinski definition) is 0. The summed E-state index contributed by atoms with van der Waals surface area (Å²) in [4.78, 5) is 42.7. The molecule has 0 aliphatic carbocycles. The number of unbranched alkanes of at least 4 members (excludes halogenated alkanes) is 1. The van der Waals surface area contributed by atoms with Crippen molar-refractivity contribution in [2.24, 2.45) is 0 Å². The first kappa shape index (κ1) is 17.4. The highest BCUT2D eigenvalue weighted by Gasteiger charge is 2.34. The molecular weight excluding hydrogens is 366 g/mol. The smallest absolute Gasteiger partial charge is 0.261 e. The van der Waals surface area contributed by atoms with Crippen LogP contribution in [-0.4, -0.2) is 32.8 Å². The molecule has 1 aromatic heterocycles. The topological polar surface area (TPSA) is 72.3 Å². The fourth-order valence-electron chi connectivity index (χ4n) is 3.29. The molecule has 1 aliphatic heterocycles. The van der Waals surface area contributed by atoms with Crippen LogP contribution in [-0.2, 0) is 6.54 Å². The molecule has 7 heteroatoms. The highest BCUT2D eigenvalue weighted by Crippen LogP contribution is 2.22. The standard InChI is InChI=1S/C20H16ClN3O3/c21-13-7-8-16-17(11-13)22-12-23(18(16)25)9-3-4-10-24-19(26)14-5-1-2-6-15(14)20(24)27/h1-2,5-8,11-12H,3-4,9-10H2. The lowest BCUT2D eigenvalue weighted by Crippen LogP contribution is -2.31. The van der Waals surface area contributed by atoms with Crippen LogP contribution in [0.4, 0.5) is 0 Å². The molecule has 0 unspecified atom stereocenters. The predicted molar refractivity (Wildman–Crippen MR) is 102 cm³/mol. The number of carbonyl (C=O) groups is 2. The largest absolute Gasteiger partial charge is 0.299 e. The second-order valence-corrected chi connectivity index (χ2v) is 6.86. The molecular formula is C20H16ClN3O3. The summed E-state index contributed by atoms with van der Waals surface area (Å²) in [6, 6.07) is 11.8. The molecule has 2 aromatic carbocycles. The molecule has 0 saturated heterocycles. The van der Waals surface area contributed by atoms with Gasteiger partial charge < -0.3 is 0 Å². The van der Waals surface area contributed by atoms with Crippen molar-refractivity contribution in [3.05, 3.63) is 75.3 Å². The van der Waals surface area contributed by atoms with E-state index in [1.165, 1.54) is 11.2 Å². The van der Waals surface area contributed by atoms with Crippen LogP contribution in [0, 0.1) is 0 Å². The molecule has 2 heterocycles. The Morgan fingerprint density at radius 3 is 2.26 bits per heavy atom. The summed E-state index contributed by atoms with van der Waals surface area (Å²) in [5.41, 5.74) is 1.35. The van der Waals surface area contributed by atoms with E-state index in [0.29, 0.717) is 53.0 Å². The monoisotopic (exact) mass is 381 g/mol. The van der Waals surface area contributed by atoms with Gasteiger partial charge in [-0.25, -0.2) is 4.98 Å². The Morgan fingerprint density at radius 2 is 1.56 bits per heavy atom. The molecule has 6 nitrogen and oxygen atoms in total. The lowest BCUT2D eigenvalue weighted by Gasteiger charge is -2.13. The molecule has 4 rings (SSSR count). The van der Waals surface area contributed by atoms with Crippen molar-refractivity contribution in [1.29, 1.82) is 0 Å². The fourth-order valence-corrected chi connectivity index (χ4v) is 3.45. The maximum absolute atomic E-state index is 12.5. The minimum Gasteiger partial charge on any atom is -0.299 e. The summed E-state index contributed by atoms with van der Waals surface area (Å²) in [6.45, 7) is 0.797. The Kier molecular flexibility index (Phi) is 4.49. The molecule has 136 valence electrons. The second kappa shape index (κ2) is 6.96. The number of nitrogens with zero attached hydrogens (tertiary/aromatic N) is 3. The summed E-state index contributed by atoms with van der Waals surface area (Å²) in [5.74, 6) is -0.506. The second-order valence-electron chi connectivity index (χ2n) is 6.42. The van der Waals surface area contributed by atoms with Crippen LogP contribution in [0.3, 0.4) is 0 Å². The maximum Gasteiger partial charge on any atom is 0.261 e. The molecule has 0 saturated carbocycles. The van der Waals surface area contributed by atoms with E-state index in [0.717, 1.165) is 0 Å². The maximum atomic E-state index is 12.5. The first-order chi connectivity index (χ1) is 13.1. The Balaban J connectivity index is 1.40. The lowest BCUT2D eigenvalue weighted by atomic mass is 10.1. The Hall–Kier alpha value is -2.99. The van der Waals surface area contributed by atoms with Gasteiger partial charge in [-0.3, -0.25) is 23.9 Å². The van der Waals surface area contributed by atoms with Crippen molar-refractivity contribution in [2.45, 2.75) is 19.4 Å². The van der Waals surface area contributed by atoms with Gasteiger partial charge in [0.25, 0.3) is 17.4 Å². The Bertz CT molecular complexity index is 1090. The van der Waals surface area contributed by atoms with Gasteiger partial charge in [0.1, 0.15) is 0 Å². The minimum absolute atomic E-state index is 0.127. The van der Waals surface area contributed by atoms with Crippen LogP contribution >= 0.6 is 11.6 Å². The third kappa shape index (κ3) is 3.13. The first-order valence-electron chi connectivity index (χ1n) is 8.66. The number of rotatable bonds is 5. The van der Waals surface area contributed by atoms with Crippen molar-refractivity contribution < 1.29 is 9.59 Å². The molecule has 2 amide bonds. The zero-order valence-corrected chi connectivity index (χ0v) is 15.1. The Morgan fingerprint density at radius 1 is 0.889 bits per heavy atom. The number of halogens is 1. The third-order valence-corrected chi connectivity index (χ3v) is 4.93. The van der Waals surface area contributed by atoms with Crippen LogP contribution in [0.15, 0.2) is 53.6 Å².